The highest BCUT2D eigenvalue weighted by molar-refractivity contribution is 5.76. The summed E-state index contributed by atoms with van der Waals surface area (Å²) in [5.41, 5.74) is 1.53. The normalized spacial score (nSPS) is 12.4. The van der Waals surface area contributed by atoms with Crippen molar-refractivity contribution in [3.05, 3.63) is 60.2 Å². The summed E-state index contributed by atoms with van der Waals surface area (Å²) in [4.78, 5) is 13.6. The van der Waals surface area contributed by atoms with Crippen molar-refractivity contribution >= 4 is 5.91 Å². The third-order valence-electron chi connectivity index (χ3n) is 4.24. The van der Waals surface area contributed by atoms with E-state index in [1.165, 1.54) is 29.1 Å². The zero-order valence-corrected chi connectivity index (χ0v) is 16.1. The average molecular weight is 419 g/mol. The van der Waals surface area contributed by atoms with Crippen molar-refractivity contribution in [2.45, 2.75) is 38.7 Å². The van der Waals surface area contributed by atoms with E-state index in [0.717, 1.165) is 5.56 Å². The number of tetrazole rings is 1. The largest absolute Gasteiger partial charge is 0.573 e. The van der Waals surface area contributed by atoms with Gasteiger partial charge < -0.3 is 10.1 Å². The van der Waals surface area contributed by atoms with Gasteiger partial charge >= 0.3 is 6.36 Å². The lowest BCUT2D eigenvalue weighted by Crippen LogP contribution is -2.26. The van der Waals surface area contributed by atoms with Crippen LogP contribution >= 0.6 is 0 Å². The number of carbonyl (C=O) groups is 1. The molecule has 7 nitrogen and oxygen atoms in total. The summed E-state index contributed by atoms with van der Waals surface area (Å²) in [5.74, 6) is 0.0353. The van der Waals surface area contributed by atoms with E-state index in [-0.39, 0.29) is 24.1 Å². The van der Waals surface area contributed by atoms with Crippen molar-refractivity contribution in [2.24, 2.45) is 0 Å². The molecule has 3 aromatic rings. The Balaban J connectivity index is 1.44. The Bertz CT molecular complexity index is 959. The molecular formula is C20H20F3N5O2. The van der Waals surface area contributed by atoms with Gasteiger partial charge in [0.1, 0.15) is 5.75 Å². The zero-order chi connectivity index (χ0) is 21.6. The van der Waals surface area contributed by atoms with Gasteiger partial charge in [-0.05, 0) is 36.3 Å². The molecule has 0 saturated carbocycles. The highest BCUT2D eigenvalue weighted by Gasteiger charge is 2.31. The first-order chi connectivity index (χ1) is 14.3. The monoisotopic (exact) mass is 419 g/mol. The molecule has 30 heavy (non-hydrogen) atoms. The van der Waals surface area contributed by atoms with Gasteiger partial charge in [0.05, 0.1) is 12.6 Å². The van der Waals surface area contributed by atoms with E-state index in [0.29, 0.717) is 24.4 Å². The topological polar surface area (TPSA) is 81.9 Å². The number of carbonyl (C=O) groups excluding carboxylic acids is 1. The first kappa shape index (κ1) is 21.3. The minimum atomic E-state index is -4.73. The van der Waals surface area contributed by atoms with Gasteiger partial charge in [-0.25, -0.2) is 0 Å². The fraction of sp³-hybridized carbons (Fsp3) is 0.300. The molecule has 1 amide bonds. The lowest BCUT2D eigenvalue weighted by Gasteiger charge is -2.15. The summed E-state index contributed by atoms with van der Waals surface area (Å²) >= 11 is 0. The van der Waals surface area contributed by atoms with Gasteiger partial charge in [0, 0.05) is 12.0 Å². The van der Waals surface area contributed by atoms with Crippen molar-refractivity contribution < 1.29 is 22.7 Å². The number of rotatable bonds is 8. The van der Waals surface area contributed by atoms with Crippen LogP contribution in [0.15, 0.2) is 54.6 Å². The molecule has 0 bridgehead atoms. The Morgan fingerprint density at radius 3 is 2.50 bits per heavy atom. The SMILES string of the molecule is CC(NC(=O)CCCn1nnc(-c2ccccc2)n1)c1ccc(OC(F)(F)F)cc1. The zero-order valence-electron chi connectivity index (χ0n) is 16.1. The van der Waals surface area contributed by atoms with Crippen molar-refractivity contribution in [3.63, 3.8) is 0 Å². The minimum absolute atomic E-state index is 0.179. The van der Waals surface area contributed by atoms with E-state index in [1.54, 1.807) is 6.92 Å². The third kappa shape index (κ3) is 6.29. The van der Waals surface area contributed by atoms with Gasteiger partial charge in [0.25, 0.3) is 0 Å². The Labute approximate surface area is 170 Å². The van der Waals surface area contributed by atoms with E-state index < -0.39 is 6.36 Å². The summed E-state index contributed by atoms with van der Waals surface area (Å²) in [6, 6.07) is 14.5. The number of aryl methyl sites for hydroxylation is 1. The van der Waals surface area contributed by atoms with Crippen LogP contribution in [-0.4, -0.2) is 32.5 Å². The Morgan fingerprint density at radius 2 is 1.83 bits per heavy atom. The quantitative estimate of drug-likeness (QED) is 0.599. The van der Waals surface area contributed by atoms with Crippen molar-refractivity contribution in [2.75, 3.05) is 0 Å². The molecule has 0 saturated heterocycles. The van der Waals surface area contributed by atoms with E-state index in [9.17, 15) is 18.0 Å². The number of hydrogen-bond acceptors (Lipinski definition) is 5. The van der Waals surface area contributed by atoms with Crippen LogP contribution in [0.3, 0.4) is 0 Å². The number of alkyl halides is 3. The number of halogens is 3. The molecule has 0 spiro atoms. The number of hydrogen-bond donors (Lipinski definition) is 1. The van der Waals surface area contributed by atoms with Gasteiger partial charge in [-0.3, -0.25) is 4.79 Å². The molecule has 3 rings (SSSR count). The molecule has 158 valence electrons. The predicted molar refractivity (Wildman–Crippen MR) is 102 cm³/mol. The molecule has 0 aliphatic carbocycles. The molecule has 0 aliphatic rings. The molecular weight excluding hydrogens is 399 g/mol. The van der Waals surface area contributed by atoms with Gasteiger partial charge in [-0.15, -0.1) is 23.4 Å². The second kappa shape index (κ2) is 9.38. The first-order valence-electron chi connectivity index (χ1n) is 9.28. The van der Waals surface area contributed by atoms with Crippen LogP contribution in [0.25, 0.3) is 11.4 Å². The van der Waals surface area contributed by atoms with Crippen molar-refractivity contribution in [1.29, 1.82) is 0 Å². The van der Waals surface area contributed by atoms with Gasteiger partial charge in [-0.2, -0.15) is 4.80 Å². The van der Waals surface area contributed by atoms with E-state index in [2.05, 4.69) is 25.5 Å². The van der Waals surface area contributed by atoms with Crippen LogP contribution in [-0.2, 0) is 11.3 Å². The lowest BCUT2D eigenvalue weighted by molar-refractivity contribution is -0.274. The third-order valence-corrected chi connectivity index (χ3v) is 4.24. The van der Waals surface area contributed by atoms with Crippen LogP contribution in [0.2, 0.25) is 0 Å². The highest BCUT2D eigenvalue weighted by atomic mass is 19.4. The van der Waals surface area contributed by atoms with Crippen LogP contribution in [0.5, 0.6) is 5.75 Å². The average Bonchev–Trinajstić information content (AvgIpc) is 3.17. The number of nitrogens with one attached hydrogen (secondary N) is 1. The maximum Gasteiger partial charge on any atom is 0.573 e. The van der Waals surface area contributed by atoms with Crippen molar-refractivity contribution in [3.8, 4) is 17.1 Å². The summed E-state index contributed by atoms with van der Waals surface area (Å²) in [7, 11) is 0. The van der Waals surface area contributed by atoms with Gasteiger partial charge in [0.2, 0.25) is 11.7 Å². The molecule has 1 unspecified atom stereocenters. The van der Waals surface area contributed by atoms with Crippen LogP contribution < -0.4 is 10.1 Å². The number of aromatic nitrogens is 4. The number of ether oxygens (including phenoxy) is 1. The minimum Gasteiger partial charge on any atom is -0.406 e. The fourth-order valence-electron chi connectivity index (χ4n) is 2.78. The number of nitrogens with zero attached hydrogens (tertiary/aromatic N) is 4. The van der Waals surface area contributed by atoms with Gasteiger partial charge in [0.15, 0.2) is 0 Å². The second-order valence-electron chi connectivity index (χ2n) is 6.58. The Hall–Kier alpha value is -3.43. The second-order valence-corrected chi connectivity index (χ2v) is 6.58. The lowest BCUT2D eigenvalue weighted by atomic mass is 10.1. The molecule has 2 aromatic carbocycles. The van der Waals surface area contributed by atoms with Gasteiger partial charge in [-0.1, -0.05) is 42.5 Å². The predicted octanol–water partition coefficient (Wildman–Crippen LogP) is 3.90. The molecule has 0 aliphatic heterocycles. The molecule has 1 aromatic heterocycles. The molecule has 1 atom stereocenters. The molecule has 1 heterocycles. The van der Waals surface area contributed by atoms with Crippen LogP contribution in [0.1, 0.15) is 31.4 Å². The molecule has 0 radical (unpaired) electrons. The number of benzene rings is 2. The maximum absolute atomic E-state index is 12.2. The first-order valence-corrected chi connectivity index (χ1v) is 9.28. The smallest absolute Gasteiger partial charge is 0.406 e. The van der Waals surface area contributed by atoms with Crippen LogP contribution in [0.4, 0.5) is 13.2 Å². The summed E-state index contributed by atoms with van der Waals surface area (Å²) in [6.07, 6.45) is -3.97. The fourth-order valence-corrected chi connectivity index (χ4v) is 2.78. The Morgan fingerprint density at radius 1 is 1.13 bits per heavy atom. The van der Waals surface area contributed by atoms with E-state index in [4.69, 9.17) is 0 Å². The summed E-state index contributed by atoms with van der Waals surface area (Å²) < 4.78 is 40.5. The van der Waals surface area contributed by atoms with Crippen LogP contribution in [0, 0.1) is 0 Å². The van der Waals surface area contributed by atoms with E-state index >= 15 is 0 Å². The van der Waals surface area contributed by atoms with E-state index in [1.807, 2.05) is 30.3 Å². The molecule has 1 N–H and O–H groups in total. The maximum atomic E-state index is 12.2. The molecule has 10 heteroatoms. The Kier molecular flexibility index (Phi) is 6.65. The standard InChI is InChI=1S/C20H20F3N5O2/c1-14(15-9-11-17(12-10-15)30-20(21,22)23)24-18(29)8-5-13-28-26-19(25-27-28)16-6-3-2-4-7-16/h2-4,6-7,9-12,14H,5,8,13H2,1H3,(H,24,29). The highest BCUT2D eigenvalue weighted by Crippen LogP contribution is 2.24. The summed E-state index contributed by atoms with van der Waals surface area (Å²) in [5, 5.41) is 15.1. The number of amides is 1. The molecule has 0 fully saturated rings. The van der Waals surface area contributed by atoms with Crippen molar-refractivity contribution in [1.82, 2.24) is 25.5 Å². The summed E-state index contributed by atoms with van der Waals surface area (Å²) in [6.45, 7) is 2.19.